The Morgan fingerprint density at radius 2 is 2.18 bits per heavy atom. The minimum atomic E-state index is -4.42. The number of nitrogens with zero attached hydrogens (tertiary/aromatic N) is 1. The Labute approximate surface area is 125 Å². The van der Waals surface area contributed by atoms with Gasteiger partial charge in [-0.3, -0.25) is 4.79 Å². The van der Waals surface area contributed by atoms with Gasteiger partial charge in [0.15, 0.2) is 0 Å². The summed E-state index contributed by atoms with van der Waals surface area (Å²) in [4.78, 5) is 24.6. The van der Waals surface area contributed by atoms with Crippen LogP contribution in [0, 0.1) is 0 Å². The highest BCUT2D eigenvalue weighted by Crippen LogP contribution is 2.29. The minimum absolute atomic E-state index is 0.0179. The Balaban J connectivity index is 1.98. The molecule has 0 bridgehead atoms. The molecule has 1 fully saturated rings. The van der Waals surface area contributed by atoms with E-state index in [2.05, 4.69) is 10.6 Å². The fraction of sp³-hybridized carbons (Fsp3) is 0.429. The molecule has 1 heterocycles. The molecule has 1 aromatic carbocycles. The molecule has 0 radical (unpaired) electrons. The van der Waals surface area contributed by atoms with E-state index in [9.17, 15) is 22.8 Å². The highest BCUT2D eigenvalue weighted by atomic mass is 19.4. The molecule has 1 aliphatic heterocycles. The average Bonchev–Trinajstić information content (AvgIpc) is 2.83. The Hall–Kier alpha value is -2.25. The second kappa shape index (κ2) is 6.25. The van der Waals surface area contributed by atoms with E-state index in [1.54, 1.807) is 0 Å². The van der Waals surface area contributed by atoms with Crippen LogP contribution >= 0.6 is 0 Å². The lowest BCUT2D eigenvalue weighted by Gasteiger charge is -2.20. The zero-order valence-corrected chi connectivity index (χ0v) is 11.9. The summed E-state index contributed by atoms with van der Waals surface area (Å²) in [6.45, 7) is 0.519. The number of rotatable bonds is 3. The van der Waals surface area contributed by atoms with Crippen LogP contribution in [-0.4, -0.2) is 36.5 Å². The molecule has 1 atom stereocenters. The second-order valence-corrected chi connectivity index (χ2v) is 5.14. The lowest BCUT2D eigenvalue weighted by Crippen LogP contribution is -2.45. The number of carbonyl (C=O) groups is 2. The number of urea groups is 1. The van der Waals surface area contributed by atoms with Gasteiger partial charge in [0.05, 0.1) is 5.56 Å². The van der Waals surface area contributed by atoms with Crippen molar-refractivity contribution in [1.82, 2.24) is 15.5 Å². The van der Waals surface area contributed by atoms with E-state index >= 15 is 0 Å². The van der Waals surface area contributed by atoms with Crippen LogP contribution in [0.4, 0.5) is 18.0 Å². The number of hydrogen-bond donors (Lipinski definition) is 2. The van der Waals surface area contributed by atoms with Gasteiger partial charge in [0.25, 0.3) is 0 Å². The maximum absolute atomic E-state index is 12.6. The molecule has 1 aliphatic rings. The molecule has 0 aromatic heterocycles. The maximum Gasteiger partial charge on any atom is 0.416 e. The summed E-state index contributed by atoms with van der Waals surface area (Å²) in [6, 6.07) is 3.71. The fourth-order valence-electron chi connectivity index (χ4n) is 2.18. The maximum atomic E-state index is 12.6. The average molecular weight is 315 g/mol. The van der Waals surface area contributed by atoms with Crippen molar-refractivity contribution in [3.05, 3.63) is 35.4 Å². The molecule has 0 spiro atoms. The molecule has 2 N–H and O–H groups in total. The zero-order valence-electron chi connectivity index (χ0n) is 11.9. The zero-order chi connectivity index (χ0) is 16.3. The normalized spacial score (nSPS) is 18.0. The molecule has 0 aliphatic carbocycles. The quantitative estimate of drug-likeness (QED) is 0.892. The summed E-state index contributed by atoms with van der Waals surface area (Å²) in [5, 5.41) is 5.14. The Kier molecular flexibility index (Phi) is 4.58. The third kappa shape index (κ3) is 3.90. The van der Waals surface area contributed by atoms with Gasteiger partial charge in [-0.25, -0.2) is 4.79 Å². The summed E-state index contributed by atoms with van der Waals surface area (Å²) >= 11 is 0. The molecular formula is C14H16F3N3O2. The van der Waals surface area contributed by atoms with E-state index in [0.29, 0.717) is 18.5 Å². The van der Waals surface area contributed by atoms with Crippen LogP contribution in [-0.2, 0) is 17.5 Å². The Morgan fingerprint density at radius 3 is 2.77 bits per heavy atom. The van der Waals surface area contributed by atoms with Crippen molar-refractivity contribution in [2.45, 2.75) is 25.2 Å². The first kappa shape index (κ1) is 16.1. The third-order valence-electron chi connectivity index (χ3n) is 3.37. The van der Waals surface area contributed by atoms with E-state index in [1.807, 2.05) is 0 Å². The van der Waals surface area contributed by atoms with Crippen LogP contribution < -0.4 is 10.6 Å². The van der Waals surface area contributed by atoms with Crippen molar-refractivity contribution < 1.29 is 22.8 Å². The molecule has 5 nitrogen and oxygen atoms in total. The van der Waals surface area contributed by atoms with Gasteiger partial charge in [-0.1, -0.05) is 12.1 Å². The van der Waals surface area contributed by atoms with E-state index in [-0.39, 0.29) is 12.5 Å². The van der Waals surface area contributed by atoms with Gasteiger partial charge in [0.2, 0.25) is 5.91 Å². The molecule has 22 heavy (non-hydrogen) atoms. The summed E-state index contributed by atoms with van der Waals surface area (Å²) in [6.07, 6.45) is -3.92. The molecule has 1 saturated heterocycles. The van der Waals surface area contributed by atoms with Crippen molar-refractivity contribution >= 4 is 11.9 Å². The van der Waals surface area contributed by atoms with Crippen molar-refractivity contribution in [3.63, 3.8) is 0 Å². The number of nitrogens with one attached hydrogen (secondary N) is 2. The molecule has 0 unspecified atom stereocenters. The molecule has 1 aromatic rings. The van der Waals surface area contributed by atoms with Crippen LogP contribution in [0.25, 0.3) is 0 Å². The third-order valence-corrected chi connectivity index (χ3v) is 3.37. The summed E-state index contributed by atoms with van der Waals surface area (Å²) < 4.78 is 37.9. The van der Waals surface area contributed by atoms with Crippen LogP contribution in [0.15, 0.2) is 24.3 Å². The van der Waals surface area contributed by atoms with E-state index in [4.69, 9.17) is 0 Å². The first-order valence-corrected chi connectivity index (χ1v) is 6.73. The van der Waals surface area contributed by atoms with Crippen LogP contribution in [0.1, 0.15) is 17.5 Å². The minimum Gasteiger partial charge on any atom is -0.354 e. The molecule has 0 saturated carbocycles. The predicted molar refractivity (Wildman–Crippen MR) is 72.9 cm³/mol. The van der Waals surface area contributed by atoms with Crippen molar-refractivity contribution in [1.29, 1.82) is 0 Å². The molecule has 8 heteroatoms. The van der Waals surface area contributed by atoms with Gasteiger partial charge in [0, 0.05) is 20.1 Å². The number of hydrogen-bond acceptors (Lipinski definition) is 2. The van der Waals surface area contributed by atoms with Gasteiger partial charge in [-0.05, 0) is 24.1 Å². The van der Waals surface area contributed by atoms with Crippen LogP contribution in [0.3, 0.4) is 0 Å². The smallest absolute Gasteiger partial charge is 0.354 e. The van der Waals surface area contributed by atoms with Gasteiger partial charge in [0.1, 0.15) is 6.04 Å². The standard InChI is InChI=1S/C14H16F3N3O2/c1-20(13(22)19-11-5-6-18-12(11)21)8-9-3-2-4-10(7-9)14(15,16)17/h2-4,7,11H,5-6,8H2,1H3,(H,18,21)(H,19,22)/t11-/m1/s1. The first-order chi connectivity index (χ1) is 10.3. The second-order valence-electron chi connectivity index (χ2n) is 5.14. The predicted octanol–water partition coefficient (Wildman–Crippen LogP) is 1.74. The molecular weight excluding hydrogens is 299 g/mol. The number of carbonyl (C=O) groups excluding carboxylic acids is 2. The number of halogens is 3. The first-order valence-electron chi connectivity index (χ1n) is 6.73. The van der Waals surface area contributed by atoms with Crippen molar-refractivity contribution in [3.8, 4) is 0 Å². The lowest BCUT2D eigenvalue weighted by atomic mass is 10.1. The number of alkyl halides is 3. The molecule has 2 rings (SSSR count). The molecule has 3 amide bonds. The van der Waals surface area contributed by atoms with E-state index in [1.165, 1.54) is 24.1 Å². The lowest BCUT2D eigenvalue weighted by molar-refractivity contribution is -0.137. The monoisotopic (exact) mass is 315 g/mol. The number of benzene rings is 1. The number of amides is 3. The fourth-order valence-corrected chi connectivity index (χ4v) is 2.18. The van der Waals surface area contributed by atoms with Gasteiger partial charge < -0.3 is 15.5 Å². The van der Waals surface area contributed by atoms with Crippen LogP contribution in [0.5, 0.6) is 0 Å². The van der Waals surface area contributed by atoms with Gasteiger partial charge >= 0.3 is 12.2 Å². The van der Waals surface area contributed by atoms with Crippen molar-refractivity contribution in [2.75, 3.05) is 13.6 Å². The van der Waals surface area contributed by atoms with Gasteiger partial charge in [-0.15, -0.1) is 0 Å². The Bertz CT molecular complexity index is 575. The van der Waals surface area contributed by atoms with E-state index in [0.717, 1.165) is 12.1 Å². The van der Waals surface area contributed by atoms with Crippen LogP contribution in [0.2, 0.25) is 0 Å². The van der Waals surface area contributed by atoms with Gasteiger partial charge in [-0.2, -0.15) is 13.2 Å². The topological polar surface area (TPSA) is 61.4 Å². The summed E-state index contributed by atoms with van der Waals surface area (Å²) in [7, 11) is 1.46. The molecule has 120 valence electrons. The highest BCUT2D eigenvalue weighted by molar-refractivity contribution is 5.88. The SMILES string of the molecule is CN(Cc1cccc(C(F)(F)F)c1)C(=O)N[C@@H]1CCNC1=O. The highest BCUT2D eigenvalue weighted by Gasteiger charge is 2.30. The summed E-state index contributed by atoms with van der Waals surface area (Å²) in [5.74, 6) is -0.249. The van der Waals surface area contributed by atoms with Crippen molar-refractivity contribution in [2.24, 2.45) is 0 Å². The van der Waals surface area contributed by atoms with E-state index < -0.39 is 23.8 Å². The Morgan fingerprint density at radius 1 is 1.45 bits per heavy atom. The summed E-state index contributed by atoms with van der Waals surface area (Å²) in [5.41, 5.74) is -0.391. The largest absolute Gasteiger partial charge is 0.416 e.